The zero-order chi connectivity index (χ0) is 33.5. The number of hydrogen-bond donors (Lipinski definition) is 2. The number of piperazine rings is 1. The Bertz CT molecular complexity index is 1560. The summed E-state index contributed by atoms with van der Waals surface area (Å²) in [7, 11) is 0. The molecular weight excluding hydrogens is 629 g/mol. The first-order valence-electron chi connectivity index (χ1n) is 14.4. The second-order valence-electron chi connectivity index (χ2n) is 11.5. The molecule has 5 rings (SSSR count). The number of anilines is 4. The minimum absolute atomic E-state index is 0.0906. The van der Waals surface area contributed by atoms with Crippen LogP contribution in [0.25, 0.3) is 0 Å². The van der Waals surface area contributed by atoms with E-state index in [1.807, 2.05) is 51.1 Å². The molecule has 2 amide bonds. The van der Waals surface area contributed by atoms with Crippen molar-refractivity contribution in [3.05, 3.63) is 64.8 Å². The van der Waals surface area contributed by atoms with Crippen molar-refractivity contribution in [3.63, 3.8) is 0 Å². The van der Waals surface area contributed by atoms with Crippen LogP contribution in [0.4, 0.5) is 41.1 Å². The minimum Gasteiger partial charge on any atom is -0.483 e. The van der Waals surface area contributed by atoms with E-state index in [1.165, 1.54) is 0 Å². The van der Waals surface area contributed by atoms with Crippen LogP contribution in [0, 0.1) is 0 Å². The molecule has 1 saturated heterocycles. The number of fused-ring (bicyclic) bond motifs is 6. The lowest BCUT2D eigenvalue weighted by Gasteiger charge is -2.35. The fourth-order valence-electron chi connectivity index (χ4n) is 4.55. The molecular formula is C31H34ClF3N6O5. The molecule has 3 heterocycles. The predicted octanol–water partition coefficient (Wildman–Crippen LogP) is 5.92. The second kappa shape index (κ2) is 14.7. The standard InChI is InChI=1S/C29H33ClN6O4.C2HF3O/c1-29(2,3)40-28(38)36-13-11-35(12-14-36)25(37)18-39-24-10-9-22-16-20(24)8-7-19-5-4-6-21(15-19)33-27-31-17-23(30)26(32-22)34-27;3-2(4,5)1-6/h4-6,9-10,15-17H,7-8,11-14,18H2,1-3H3,(H2,31,32,33,34);1H. The second-order valence-corrected chi connectivity index (χ2v) is 11.9. The van der Waals surface area contributed by atoms with Crippen molar-refractivity contribution in [2.24, 2.45) is 0 Å². The number of benzene rings is 2. The van der Waals surface area contributed by atoms with Crippen molar-refractivity contribution in [1.29, 1.82) is 0 Å². The largest absolute Gasteiger partial charge is 0.483 e. The van der Waals surface area contributed by atoms with Gasteiger partial charge in [0, 0.05) is 37.6 Å². The summed E-state index contributed by atoms with van der Waals surface area (Å²) in [6.45, 7) is 7.14. The van der Waals surface area contributed by atoms with Crippen molar-refractivity contribution < 1.29 is 37.0 Å². The predicted molar refractivity (Wildman–Crippen MR) is 166 cm³/mol. The number of carbonyl (C=O) groups excluding carboxylic acids is 3. The van der Waals surface area contributed by atoms with E-state index in [0.717, 1.165) is 28.9 Å². The number of aryl methyl sites for hydroxylation is 2. The van der Waals surface area contributed by atoms with E-state index in [0.29, 0.717) is 55.1 Å². The van der Waals surface area contributed by atoms with Crippen LogP contribution >= 0.6 is 11.6 Å². The summed E-state index contributed by atoms with van der Waals surface area (Å²) in [5, 5.41) is 6.90. The smallest absolute Gasteiger partial charge is 0.446 e. The normalized spacial score (nSPS) is 14.5. The zero-order valence-electron chi connectivity index (χ0n) is 25.5. The first-order valence-corrected chi connectivity index (χ1v) is 14.8. The fourth-order valence-corrected chi connectivity index (χ4v) is 4.69. The summed E-state index contributed by atoms with van der Waals surface area (Å²) >= 11 is 6.37. The lowest BCUT2D eigenvalue weighted by atomic mass is 10.0. The summed E-state index contributed by atoms with van der Waals surface area (Å²) < 4.78 is 42.8. The number of carbonyl (C=O) groups is 3. The molecule has 2 N–H and O–H groups in total. The molecule has 2 aliphatic heterocycles. The molecule has 2 aliphatic rings. The number of aldehydes is 1. The molecule has 0 unspecified atom stereocenters. The highest BCUT2D eigenvalue weighted by Crippen LogP contribution is 2.30. The monoisotopic (exact) mass is 662 g/mol. The molecule has 0 saturated carbocycles. The highest BCUT2D eigenvalue weighted by molar-refractivity contribution is 6.32. The van der Waals surface area contributed by atoms with Gasteiger partial charge in [-0.3, -0.25) is 9.59 Å². The van der Waals surface area contributed by atoms with Gasteiger partial charge in [0.05, 0.1) is 6.20 Å². The third kappa shape index (κ3) is 10.2. The third-order valence-electron chi connectivity index (χ3n) is 6.70. The van der Waals surface area contributed by atoms with Crippen molar-refractivity contribution >= 4 is 53.0 Å². The van der Waals surface area contributed by atoms with E-state index < -0.39 is 18.1 Å². The van der Waals surface area contributed by atoms with Crippen LogP contribution in [0.5, 0.6) is 5.75 Å². The third-order valence-corrected chi connectivity index (χ3v) is 6.98. The van der Waals surface area contributed by atoms with Gasteiger partial charge in [-0.15, -0.1) is 0 Å². The van der Waals surface area contributed by atoms with E-state index >= 15 is 0 Å². The van der Waals surface area contributed by atoms with Crippen LogP contribution in [0.1, 0.15) is 31.9 Å². The number of nitrogens with one attached hydrogen (secondary N) is 2. The number of nitrogens with zero attached hydrogens (tertiary/aromatic N) is 4. The molecule has 0 aliphatic carbocycles. The van der Waals surface area contributed by atoms with Crippen molar-refractivity contribution in [3.8, 4) is 5.75 Å². The number of rotatable bonds is 3. The Kier molecular flexibility index (Phi) is 10.9. The zero-order valence-corrected chi connectivity index (χ0v) is 26.2. The number of aromatic nitrogens is 2. The molecule has 1 fully saturated rings. The lowest BCUT2D eigenvalue weighted by Crippen LogP contribution is -2.52. The summed E-state index contributed by atoms with van der Waals surface area (Å²) in [5.74, 6) is 1.44. The highest BCUT2D eigenvalue weighted by atomic mass is 35.5. The van der Waals surface area contributed by atoms with Crippen LogP contribution in [-0.2, 0) is 27.2 Å². The van der Waals surface area contributed by atoms with Gasteiger partial charge in [-0.1, -0.05) is 23.7 Å². The molecule has 0 radical (unpaired) electrons. The first kappa shape index (κ1) is 34.3. The molecule has 0 atom stereocenters. The van der Waals surface area contributed by atoms with Gasteiger partial charge in [-0.05, 0) is 75.1 Å². The van der Waals surface area contributed by atoms with Crippen LogP contribution in [0.2, 0.25) is 5.02 Å². The average Bonchev–Trinajstić information content (AvgIpc) is 3.00. The summed E-state index contributed by atoms with van der Waals surface area (Å²) in [6, 6.07) is 13.8. The highest BCUT2D eigenvalue weighted by Gasteiger charge is 2.28. The topological polar surface area (TPSA) is 126 Å². The Balaban J connectivity index is 0.000000731. The Hall–Kier alpha value is -4.59. The van der Waals surface area contributed by atoms with Crippen molar-refractivity contribution in [2.75, 3.05) is 43.4 Å². The minimum atomic E-state index is -4.64. The quantitative estimate of drug-likeness (QED) is 0.329. The van der Waals surface area contributed by atoms with E-state index in [-0.39, 0.29) is 18.6 Å². The SMILES string of the molecule is CC(C)(C)OC(=O)N1CCN(C(=O)COc2ccc3cc2CCc2cccc(c2)Nc2ncc(Cl)c(n2)N3)CC1.O=CC(F)(F)F. The maximum absolute atomic E-state index is 13.0. The van der Waals surface area contributed by atoms with Gasteiger partial charge in [0.15, 0.2) is 12.4 Å². The number of alkyl halides is 3. The average molecular weight is 663 g/mol. The summed E-state index contributed by atoms with van der Waals surface area (Å²) in [4.78, 5) is 46.2. The molecule has 46 heavy (non-hydrogen) atoms. The van der Waals surface area contributed by atoms with Gasteiger partial charge in [-0.2, -0.15) is 18.2 Å². The number of hydrogen-bond acceptors (Lipinski definition) is 9. The van der Waals surface area contributed by atoms with Gasteiger partial charge >= 0.3 is 12.3 Å². The van der Waals surface area contributed by atoms with Crippen LogP contribution < -0.4 is 15.4 Å². The fraction of sp³-hybridized carbons (Fsp3) is 0.387. The Morgan fingerprint density at radius 2 is 1.65 bits per heavy atom. The molecule has 15 heteroatoms. The van der Waals surface area contributed by atoms with E-state index in [1.54, 1.807) is 16.0 Å². The van der Waals surface area contributed by atoms with E-state index in [4.69, 9.17) is 25.9 Å². The number of halogens is 4. The maximum atomic E-state index is 13.0. The molecule has 6 bridgehead atoms. The van der Waals surface area contributed by atoms with Crippen LogP contribution in [-0.4, -0.2) is 82.6 Å². The van der Waals surface area contributed by atoms with Gasteiger partial charge in [0.2, 0.25) is 12.2 Å². The molecule has 1 aromatic heterocycles. The van der Waals surface area contributed by atoms with Gasteiger partial charge in [0.1, 0.15) is 16.4 Å². The first-order chi connectivity index (χ1) is 21.7. The number of ether oxygens (including phenoxy) is 2. The summed E-state index contributed by atoms with van der Waals surface area (Å²) in [6.07, 6.45) is -3.03. The Morgan fingerprint density at radius 1 is 0.978 bits per heavy atom. The van der Waals surface area contributed by atoms with Gasteiger partial charge < -0.3 is 29.9 Å². The number of amides is 2. The molecule has 0 spiro atoms. The van der Waals surface area contributed by atoms with Crippen molar-refractivity contribution in [2.45, 2.75) is 45.4 Å². The van der Waals surface area contributed by atoms with Crippen molar-refractivity contribution in [1.82, 2.24) is 19.8 Å². The summed E-state index contributed by atoms with van der Waals surface area (Å²) in [5.41, 5.74) is 3.22. The maximum Gasteiger partial charge on any atom is 0.446 e. The molecule has 3 aromatic rings. The Labute approximate surface area is 269 Å². The molecule has 11 nitrogen and oxygen atoms in total. The van der Waals surface area contributed by atoms with Gasteiger partial charge in [-0.25, -0.2) is 9.78 Å². The van der Waals surface area contributed by atoms with Crippen LogP contribution in [0.3, 0.4) is 0 Å². The van der Waals surface area contributed by atoms with E-state index in [2.05, 4.69) is 32.7 Å². The lowest BCUT2D eigenvalue weighted by molar-refractivity contribution is -0.156. The Morgan fingerprint density at radius 3 is 2.33 bits per heavy atom. The van der Waals surface area contributed by atoms with Gasteiger partial charge in [0.25, 0.3) is 5.91 Å². The molecule has 246 valence electrons. The van der Waals surface area contributed by atoms with Crippen LogP contribution in [0.15, 0.2) is 48.7 Å². The molecule has 2 aromatic carbocycles. The van der Waals surface area contributed by atoms with E-state index in [9.17, 15) is 22.8 Å².